The number of aromatic hydroxyl groups is 1. The van der Waals surface area contributed by atoms with E-state index in [4.69, 9.17) is 4.74 Å². The summed E-state index contributed by atoms with van der Waals surface area (Å²) in [5.74, 6) is -0.944. The molecular formula is C24H25FO2. The highest BCUT2D eigenvalue weighted by atomic mass is 19.1. The molecule has 2 nitrogen and oxygen atoms in total. The maximum atomic E-state index is 13.7. The van der Waals surface area contributed by atoms with Crippen LogP contribution < -0.4 is 0 Å². The Bertz CT molecular complexity index is 865. The summed E-state index contributed by atoms with van der Waals surface area (Å²) in [5.41, 5.74) is 5.27. The van der Waals surface area contributed by atoms with E-state index < -0.39 is 5.82 Å². The van der Waals surface area contributed by atoms with Gasteiger partial charge in [0.1, 0.15) is 0 Å². The number of phenols is 1. The summed E-state index contributed by atoms with van der Waals surface area (Å²) in [6.45, 7) is 6.88. The Labute approximate surface area is 160 Å². The Hall–Kier alpha value is -2.65. The number of halogens is 1. The fourth-order valence-electron chi connectivity index (χ4n) is 3.34. The molecule has 2 aromatic rings. The van der Waals surface area contributed by atoms with Gasteiger partial charge in [-0.3, -0.25) is 0 Å². The zero-order chi connectivity index (χ0) is 19.2. The molecule has 1 unspecified atom stereocenters. The fraction of sp³-hybridized carbons (Fsp3) is 0.250. The molecule has 0 aromatic heterocycles. The molecule has 140 valence electrons. The second-order valence-corrected chi connectivity index (χ2v) is 6.72. The summed E-state index contributed by atoms with van der Waals surface area (Å²) in [7, 11) is 0. The van der Waals surface area contributed by atoms with Gasteiger partial charge in [-0.25, -0.2) is 4.39 Å². The third-order valence-electron chi connectivity index (χ3n) is 4.92. The van der Waals surface area contributed by atoms with Gasteiger partial charge in [0, 0.05) is 0 Å². The van der Waals surface area contributed by atoms with Crippen LogP contribution in [-0.2, 0) is 4.74 Å². The second kappa shape index (κ2) is 8.83. The van der Waals surface area contributed by atoms with E-state index in [1.54, 1.807) is 6.07 Å². The van der Waals surface area contributed by atoms with Crippen molar-refractivity contribution in [2.45, 2.75) is 32.3 Å². The van der Waals surface area contributed by atoms with Crippen LogP contribution in [0.3, 0.4) is 0 Å². The third-order valence-corrected chi connectivity index (χ3v) is 4.92. The summed E-state index contributed by atoms with van der Waals surface area (Å²) in [6.07, 6.45) is 6.71. The van der Waals surface area contributed by atoms with Crippen molar-refractivity contribution in [3.8, 4) is 5.75 Å². The average Bonchev–Trinajstić information content (AvgIpc) is 3.16. The van der Waals surface area contributed by atoms with Crippen LogP contribution in [-0.4, -0.2) is 17.8 Å². The highest BCUT2D eigenvalue weighted by molar-refractivity contribution is 5.81. The van der Waals surface area contributed by atoms with Crippen molar-refractivity contribution in [2.75, 3.05) is 6.61 Å². The van der Waals surface area contributed by atoms with Gasteiger partial charge in [0.25, 0.3) is 0 Å². The lowest BCUT2D eigenvalue weighted by atomic mass is 9.93. The van der Waals surface area contributed by atoms with Gasteiger partial charge >= 0.3 is 0 Å². The van der Waals surface area contributed by atoms with Gasteiger partial charge in [0.05, 0.1) is 12.7 Å². The van der Waals surface area contributed by atoms with Crippen LogP contribution in [0, 0.1) is 5.82 Å². The maximum Gasteiger partial charge on any atom is 0.165 e. The van der Waals surface area contributed by atoms with Crippen molar-refractivity contribution < 1.29 is 14.2 Å². The lowest BCUT2D eigenvalue weighted by Gasteiger charge is -2.17. The molecule has 1 atom stereocenters. The zero-order valence-electron chi connectivity index (χ0n) is 15.6. The minimum atomic E-state index is -0.611. The number of allylic oxidation sites excluding steroid dienone is 1. The van der Waals surface area contributed by atoms with Gasteiger partial charge in [0.15, 0.2) is 11.6 Å². The topological polar surface area (TPSA) is 29.5 Å². The van der Waals surface area contributed by atoms with Gasteiger partial charge in [0.2, 0.25) is 0 Å². The Balaban J connectivity index is 1.83. The van der Waals surface area contributed by atoms with Crippen molar-refractivity contribution >= 4 is 11.6 Å². The van der Waals surface area contributed by atoms with Gasteiger partial charge < -0.3 is 9.84 Å². The predicted molar refractivity (Wildman–Crippen MR) is 109 cm³/mol. The molecule has 1 aliphatic rings. The van der Waals surface area contributed by atoms with Gasteiger partial charge in [-0.2, -0.15) is 0 Å². The van der Waals surface area contributed by atoms with Crippen molar-refractivity contribution in [3.05, 3.63) is 89.3 Å². The van der Waals surface area contributed by atoms with Crippen LogP contribution in [0.5, 0.6) is 5.75 Å². The zero-order valence-corrected chi connectivity index (χ0v) is 15.6. The standard InChI is InChI=1S/C24H25FO2/c1-3-17(2)21-13-14-27-24(21)12-10-20(19-7-5-4-6-8-19)15-18-9-11-23(26)22(25)16-18/h4-9,11,13,15-16,24,26H,2-3,10,12,14H2,1H3/b20-15-. The van der Waals surface area contributed by atoms with E-state index >= 15 is 0 Å². The number of benzene rings is 2. The number of hydrogen-bond acceptors (Lipinski definition) is 2. The summed E-state index contributed by atoms with van der Waals surface area (Å²) in [6, 6.07) is 14.5. The Morgan fingerprint density at radius 2 is 2.04 bits per heavy atom. The molecule has 0 saturated carbocycles. The molecule has 1 N–H and O–H groups in total. The minimum absolute atomic E-state index is 0.0566. The molecule has 0 spiro atoms. The van der Waals surface area contributed by atoms with E-state index in [0.717, 1.165) is 41.5 Å². The maximum absolute atomic E-state index is 13.7. The second-order valence-electron chi connectivity index (χ2n) is 6.72. The molecule has 3 rings (SSSR count). The molecule has 1 aliphatic heterocycles. The Morgan fingerprint density at radius 3 is 2.74 bits per heavy atom. The summed E-state index contributed by atoms with van der Waals surface area (Å²) in [5, 5.41) is 9.42. The SMILES string of the molecule is C=C(CC)C1=CCOC1CC/C(=C/c1ccc(O)c(F)c1)c1ccccc1. The number of phenolic OH excluding ortho intramolecular Hbond substituents is 1. The van der Waals surface area contributed by atoms with Gasteiger partial charge in [-0.05, 0) is 59.2 Å². The monoisotopic (exact) mass is 364 g/mol. The quantitative estimate of drug-likeness (QED) is 0.598. The lowest BCUT2D eigenvalue weighted by molar-refractivity contribution is 0.117. The molecular weight excluding hydrogens is 339 g/mol. The van der Waals surface area contributed by atoms with E-state index in [0.29, 0.717) is 6.61 Å². The van der Waals surface area contributed by atoms with Crippen molar-refractivity contribution in [3.63, 3.8) is 0 Å². The van der Waals surface area contributed by atoms with Crippen LogP contribution in [0.15, 0.2) is 72.3 Å². The first-order valence-corrected chi connectivity index (χ1v) is 9.32. The number of rotatable bonds is 7. The molecule has 0 saturated heterocycles. The third kappa shape index (κ3) is 4.75. The highest BCUT2D eigenvalue weighted by Crippen LogP contribution is 2.31. The lowest BCUT2D eigenvalue weighted by Crippen LogP contribution is -2.11. The molecule has 0 bridgehead atoms. The van der Waals surface area contributed by atoms with Crippen molar-refractivity contribution in [1.82, 2.24) is 0 Å². The van der Waals surface area contributed by atoms with E-state index in [9.17, 15) is 9.50 Å². The minimum Gasteiger partial charge on any atom is -0.505 e. The van der Waals surface area contributed by atoms with Gasteiger partial charge in [-0.15, -0.1) is 0 Å². The van der Waals surface area contributed by atoms with Crippen LogP contribution in [0.4, 0.5) is 4.39 Å². The molecule has 27 heavy (non-hydrogen) atoms. The first-order chi connectivity index (χ1) is 13.1. The molecule has 0 amide bonds. The smallest absolute Gasteiger partial charge is 0.165 e. The molecule has 0 aliphatic carbocycles. The van der Waals surface area contributed by atoms with Crippen LogP contribution in [0.2, 0.25) is 0 Å². The molecule has 1 heterocycles. The molecule has 2 aromatic carbocycles. The van der Waals surface area contributed by atoms with E-state index in [1.807, 2.05) is 24.3 Å². The average molecular weight is 364 g/mol. The molecule has 0 radical (unpaired) electrons. The first kappa shape index (κ1) is 19.1. The van der Waals surface area contributed by atoms with Crippen LogP contribution in [0.25, 0.3) is 11.6 Å². The highest BCUT2D eigenvalue weighted by Gasteiger charge is 2.21. The first-order valence-electron chi connectivity index (χ1n) is 9.32. The Kier molecular flexibility index (Phi) is 6.25. The van der Waals surface area contributed by atoms with Crippen molar-refractivity contribution in [2.24, 2.45) is 0 Å². The summed E-state index contributed by atoms with van der Waals surface area (Å²) < 4.78 is 19.6. The fourth-order valence-corrected chi connectivity index (χ4v) is 3.34. The van der Waals surface area contributed by atoms with E-state index in [-0.39, 0.29) is 11.9 Å². The van der Waals surface area contributed by atoms with Crippen molar-refractivity contribution in [1.29, 1.82) is 0 Å². The molecule has 3 heteroatoms. The van der Waals surface area contributed by atoms with Gasteiger partial charge in [-0.1, -0.05) is 62.1 Å². The largest absolute Gasteiger partial charge is 0.505 e. The summed E-state index contributed by atoms with van der Waals surface area (Å²) in [4.78, 5) is 0. The molecule has 0 fully saturated rings. The van der Waals surface area contributed by atoms with Crippen LogP contribution >= 0.6 is 0 Å². The van der Waals surface area contributed by atoms with E-state index in [1.165, 1.54) is 17.7 Å². The number of hydrogen-bond donors (Lipinski definition) is 1. The predicted octanol–water partition coefficient (Wildman–Crippen LogP) is 6.14. The number of ether oxygens (including phenoxy) is 1. The normalized spacial score (nSPS) is 17.0. The summed E-state index contributed by atoms with van der Waals surface area (Å²) >= 11 is 0. The van der Waals surface area contributed by atoms with Crippen LogP contribution in [0.1, 0.15) is 37.3 Å². The Morgan fingerprint density at radius 1 is 1.26 bits per heavy atom. The van der Waals surface area contributed by atoms with E-state index in [2.05, 4.69) is 31.7 Å².